The Bertz CT molecular complexity index is 647. The lowest BCUT2D eigenvalue weighted by molar-refractivity contribution is -0.137. The Morgan fingerprint density at radius 2 is 0.920 bits per heavy atom. The summed E-state index contributed by atoms with van der Waals surface area (Å²) in [5, 5.41) is 42.5. The van der Waals surface area contributed by atoms with Gasteiger partial charge in [-0.3, -0.25) is 0 Å². The lowest BCUT2D eigenvalue weighted by atomic mass is 9.62. The first-order chi connectivity index (χ1) is 11.8. The third-order valence-electron chi connectivity index (χ3n) is 5.36. The minimum atomic E-state index is -1.74. The Labute approximate surface area is 149 Å². The minimum Gasteiger partial charge on any atom is -0.395 e. The average molecular weight is 344 g/mol. The van der Waals surface area contributed by atoms with Crippen molar-refractivity contribution in [3.05, 3.63) is 69.8 Å². The second-order valence-corrected chi connectivity index (χ2v) is 7.00. The Hall–Kier alpha value is -1.72. The molecule has 2 rings (SSSR count). The number of rotatable bonds is 6. The highest BCUT2D eigenvalue weighted by Gasteiger charge is 2.54. The highest BCUT2D eigenvalue weighted by molar-refractivity contribution is 5.52. The molecule has 0 saturated carbocycles. The highest BCUT2D eigenvalue weighted by atomic mass is 16.3. The van der Waals surface area contributed by atoms with Gasteiger partial charge in [0.05, 0.1) is 25.2 Å². The molecule has 0 aliphatic carbocycles. The summed E-state index contributed by atoms with van der Waals surface area (Å²) >= 11 is 0. The van der Waals surface area contributed by atoms with Gasteiger partial charge in [0, 0.05) is 0 Å². The van der Waals surface area contributed by atoms with Crippen LogP contribution in [0, 0.1) is 33.1 Å². The molecule has 2 aromatic rings. The largest absolute Gasteiger partial charge is 0.395 e. The highest BCUT2D eigenvalue weighted by Crippen LogP contribution is 2.49. The van der Waals surface area contributed by atoms with Crippen molar-refractivity contribution >= 4 is 0 Å². The Kier molecular flexibility index (Phi) is 5.69. The number of hydrogen-bond donors (Lipinski definition) is 4. The van der Waals surface area contributed by atoms with Crippen LogP contribution in [-0.2, 0) is 5.60 Å². The lowest BCUT2D eigenvalue weighted by Gasteiger charge is -2.47. The van der Waals surface area contributed by atoms with Crippen molar-refractivity contribution in [1.29, 1.82) is 0 Å². The number of aliphatic hydroxyl groups excluding tert-OH is 3. The van der Waals surface area contributed by atoms with Crippen molar-refractivity contribution in [2.24, 2.45) is 5.41 Å². The Morgan fingerprint density at radius 3 is 1.16 bits per heavy atom. The molecule has 2 aromatic carbocycles. The molecule has 0 bridgehead atoms. The first-order valence-corrected chi connectivity index (χ1v) is 8.47. The SMILES string of the molecule is Cc1cccc(C)c1C(O)(c1c(C)cccc1C)C(CO)(CO)CO. The maximum absolute atomic E-state index is 12.1. The van der Waals surface area contributed by atoms with Crippen molar-refractivity contribution in [1.82, 2.24) is 0 Å². The minimum absolute atomic E-state index is 0.557. The van der Waals surface area contributed by atoms with Gasteiger partial charge in [-0.05, 0) is 61.1 Å². The molecular weight excluding hydrogens is 316 g/mol. The molecule has 0 radical (unpaired) electrons. The summed E-state index contributed by atoms with van der Waals surface area (Å²) in [5.74, 6) is 0. The third-order valence-corrected chi connectivity index (χ3v) is 5.36. The Balaban J connectivity index is 3.01. The predicted molar refractivity (Wildman–Crippen MR) is 98.5 cm³/mol. The molecule has 4 N–H and O–H groups in total. The molecule has 0 aromatic heterocycles. The van der Waals surface area contributed by atoms with Gasteiger partial charge in [0.2, 0.25) is 0 Å². The van der Waals surface area contributed by atoms with E-state index >= 15 is 0 Å². The van der Waals surface area contributed by atoms with Crippen molar-refractivity contribution in [2.75, 3.05) is 19.8 Å². The standard InChI is InChI=1S/C21H28O4/c1-14-7-5-8-15(2)18(14)21(25,20(11-22,12-23)13-24)19-16(3)9-6-10-17(19)4/h5-10,22-25H,11-13H2,1-4H3. The summed E-state index contributed by atoms with van der Waals surface area (Å²) in [4.78, 5) is 0. The Morgan fingerprint density at radius 1 is 0.640 bits per heavy atom. The second-order valence-electron chi connectivity index (χ2n) is 7.00. The van der Waals surface area contributed by atoms with Crippen LogP contribution in [0.15, 0.2) is 36.4 Å². The first kappa shape index (κ1) is 19.6. The predicted octanol–water partition coefficient (Wildman–Crippen LogP) is 2.12. The van der Waals surface area contributed by atoms with Gasteiger partial charge in [-0.2, -0.15) is 0 Å². The molecule has 0 amide bonds. The number of aliphatic hydroxyl groups is 4. The average Bonchev–Trinajstić information content (AvgIpc) is 2.56. The maximum atomic E-state index is 12.1. The first-order valence-electron chi connectivity index (χ1n) is 8.47. The van der Waals surface area contributed by atoms with Crippen LogP contribution < -0.4 is 0 Å². The van der Waals surface area contributed by atoms with Crippen LogP contribution in [0.5, 0.6) is 0 Å². The van der Waals surface area contributed by atoms with E-state index in [1.807, 2.05) is 64.1 Å². The molecule has 0 fully saturated rings. The third kappa shape index (κ3) is 2.89. The van der Waals surface area contributed by atoms with Crippen molar-refractivity contribution in [2.45, 2.75) is 33.3 Å². The van der Waals surface area contributed by atoms with Gasteiger partial charge >= 0.3 is 0 Å². The van der Waals surface area contributed by atoms with E-state index in [1.54, 1.807) is 0 Å². The van der Waals surface area contributed by atoms with Crippen molar-refractivity contribution in [3.8, 4) is 0 Å². The molecule has 0 atom stereocenters. The molecule has 136 valence electrons. The monoisotopic (exact) mass is 344 g/mol. The van der Waals surface area contributed by atoms with Gasteiger partial charge in [0.15, 0.2) is 0 Å². The molecular formula is C21H28O4. The molecule has 0 aliphatic heterocycles. The van der Waals surface area contributed by atoms with Gasteiger partial charge in [-0.15, -0.1) is 0 Å². The van der Waals surface area contributed by atoms with E-state index in [1.165, 1.54) is 0 Å². The second kappa shape index (κ2) is 7.26. The normalized spacial score (nSPS) is 12.5. The van der Waals surface area contributed by atoms with E-state index < -0.39 is 30.8 Å². The molecule has 4 heteroatoms. The van der Waals surface area contributed by atoms with Crippen molar-refractivity contribution < 1.29 is 20.4 Å². The zero-order chi connectivity index (χ0) is 18.8. The van der Waals surface area contributed by atoms with E-state index in [0.29, 0.717) is 11.1 Å². The fraction of sp³-hybridized carbons (Fsp3) is 0.429. The van der Waals surface area contributed by atoms with E-state index in [-0.39, 0.29) is 0 Å². The van der Waals surface area contributed by atoms with Crippen LogP contribution in [0.4, 0.5) is 0 Å². The van der Waals surface area contributed by atoms with Crippen LogP contribution in [-0.4, -0.2) is 40.2 Å². The smallest absolute Gasteiger partial charge is 0.128 e. The van der Waals surface area contributed by atoms with Crippen molar-refractivity contribution in [3.63, 3.8) is 0 Å². The molecule has 0 unspecified atom stereocenters. The molecule has 25 heavy (non-hydrogen) atoms. The summed E-state index contributed by atoms with van der Waals surface area (Å²) < 4.78 is 0. The summed E-state index contributed by atoms with van der Waals surface area (Å²) in [5.41, 5.74) is 1.32. The number of hydrogen-bond acceptors (Lipinski definition) is 4. The van der Waals surface area contributed by atoms with Gasteiger partial charge in [0.1, 0.15) is 5.60 Å². The van der Waals surface area contributed by atoms with Gasteiger partial charge in [0.25, 0.3) is 0 Å². The topological polar surface area (TPSA) is 80.9 Å². The van der Waals surface area contributed by atoms with Gasteiger partial charge < -0.3 is 20.4 Å². The van der Waals surface area contributed by atoms with Crippen LogP contribution in [0.1, 0.15) is 33.4 Å². The van der Waals surface area contributed by atoms with E-state index in [0.717, 1.165) is 22.3 Å². The molecule has 0 saturated heterocycles. The molecule has 0 aliphatic rings. The molecule has 0 spiro atoms. The fourth-order valence-corrected chi connectivity index (χ4v) is 3.92. The fourth-order valence-electron chi connectivity index (χ4n) is 3.92. The van der Waals surface area contributed by atoms with E-state index in [4.69, 9.17) is 0 Å². The lowest BCUT2D eigenvalue weighted by Crippen LogP contribution is -2.55. The maximum Gasteiger partial charge on any atom is 0.128 e. The van der Waals surface area contributed by atoms with E-state index in [2.05, 4.69) is 0 Å². The van der Waals surface area contributed by atoms with E-state index in [9.17, 15) is 20.4 Å². The van der Waals surface area contributed by atoms with Crippen LogP contribution in [0.25, 0.3) is 0 Å². The number of aryl methyl sites for hydroxylation is 4. The summed E-state index contributed by atoms with van der Waals surface area (Å²) in [6.07, 6.45) is 0. The summed E-state index contributed by atoms with van der Waals surface area (Å²) in [7, 11) is 0. The summed E-state index contributed by atoms with van der Waals surface area (Å²) in [6.45, 7) is 5.87. The zero-order valence-electron chi connectivity index (χ0n) is 15.4. The van der Waals surface area contributed by atoms with Crippen LogP contribution >= 0.6 is 0 Å². The zero-order valence-corrected chi connectivity index (χ0v) is 15.4. The molecule has 0 heterocycles. The van der Waals surface area contributed by atoms with Crippen LogP contribution in [0.3, 0.4) is 0 Å². The van der Waals surface area contributed by atoms with Gasteiger partial charge in [-0.1, -0.05) is 36.4 Å². The van der Waals surface area contributed by atoms with Crippen LogP contribution in [0.2, 0.25) is 0 Å². The quantitative estimate of drug-likeness (QED) is 0.647. The molecule has 4 nitrogen and oxygen atoms in total. The summed E-state index contributed by atoms with van der Waals surface area (Å²) in [6, 6.07) is 11.3. The number of benzene rings is 2. The van der Waals surface area contributed by atoms with Gasteiger partial charge in [-0.25, -0.2) is 0 Å².